The monoisotopic (exact) mass is 253 g/mol. The molecule has 6 heteroatoms. The number of anilines is 1. The first-order valence-electron chi connectivity index (χ1n) is 5.58. The minimum Gasteiger partial charge on any atom is -0.490 e. The summed E-state index contributed by atoms with van der Waals surface area (Å²) in [5.74, 6) is 0.468. The van der Waals surface area contributed by atoms with Crippen LogP contribution in [0.2, 0.25) is 0 Å². The first-order valence-corrected chi connectivity index (χ1v) is 5.58. The van der Waals surface area contributed by atoms with Gasteiger partial charge in [0.05, 0.1) is 10.6 Å². The molecule has 100 valence electrons. The molecule has 0 aliphatic rings. The SMILES string of the molecule is CN(C)C(C)(C)COc1ccc([N+](=O)[O-])cc1N. The second-order valence-corrected chi connectivity index (χ2v) is 4.97. The maximum Gasteiger partial charge on any atom is 0.271 e. The van der Waals surface area contributed by atoms with Crippen molar-refractivity contribution < 1.29 is 9.66 Å². The van der Waals surface area contributed by atoms with Crippen molar-refractivity contribution in [3.8, 4) is 5.75 Å². The second kappa shape index (κ2) is 5.22. The number of benzene rings is 1. The van der Waals surface area contributed by atoms with Crippen LogP contribution in [-0.4, -0.2) is 36.1 Å². The third-order valence-corrected chi connectivity index (χ3v) is 3.00. The average molecular weight is 253 g/mol. The second-order valence-electron chi connectivity index (χ2n) is 4.97. The number of ether oxygens (including phenoxy) is 1. The van der Waals surface area contributed by atoms with Crippen molar-refractivity contribution in [1.29, 1.82) is 0 Å². The summed E-state index contributed by atoms with van der Waals surface area (Å²) in [6, 6.07) is 4.21. The number of nitro groups is 1. The van der Waals surface area contributed by atoms with Gasteiger partial charge in [-0.3, -0.25) is 10.1 Å². The van der Waals surface area contributed by atoms with Gasteiger partial charge in [0.1, 0.15) is 12.4 Å². The molecule has 0 fully saturated rings. The summed E-state index contributed by atoms with van der Waals surface area (Å²) in [6.07, 6.45) is 0. The van der Waals surface area contributed by atoms with Crippen molar-refractivity contribution in [2.24, 2.45) is 0 Å². The molecule has 6 nitrogen and oxygen atoms in total. The lowest BCUT2D eigenvalue weighted by molar-refractivity contribution is -0.384. The fourth-order valence-electron chi connectivity index (χ4n) is 1.16. The third-order valence-electron chi connectivity index (χ3n) is 3.00. The Hall–Kier alpha value is -1.82. The van der Waals surface area contributed by atoms with E-state index in [9.17, 15) is 10.1 Å². The van der Waals surface area contributed by atoms with E-state index in [2.05, 4.69) is 0 Å². The van der Waals surface area contributed by atoms with Gasteiger partial charge in [-0.15, -0.1) is 0 Å². The molecule has 0 radical (unpaired) electrons. The molecule has 0 heterocycles. The summed E-state index contributed by atoms with van der Waals surface area (Å²) in [5, 5.41) is 10.6. The number of nitrogens with zero attached hydrogens (tertiary/aromatic N) is 2. The van der Waals surface area contributed by atoms with Gasteiger partial charge in [0.15, 0.2) is 0 Å². The van der Waals surface area contributed by atoms with Crippen LogP contribution in [0.25, 0.3) is 0 Å². The highest BCUT2D eigenvalue weighted by atomic mass is 16.6. The van der Waals surface area contributed by atoms with Gasteiger partial charge in [-0.1, -0.05) is 0 Å². The Balaban J connectivity index is 2.78. The fraction of sp³-hybridized carbons (Fsp3) is 0.500. The summed E-state index contributed by atoms with van der Waals surface area (Å²) < 4.78 is 5.61. The van der Waals surface area contributed by atoms with Gasteiger partial charge in [-0.05, 0) is 34.0 Å². The van der Waals surface area contributed by atoms with E-state index < -0.39 is 4.92 Å². The summed E-state index contributed by atoms with van der Waals surface area (Å²) in [7, 11) is 3.92. The van der Waals surface area contributed by atoms with Crippen LogP contribution in [0.5, 0.6) is 5.75 Å². The van der Waals surface area contributed by atoms with Gasteiger partial charge < -0.3 is 15.4 Å². The van der Waals surface area contributed by atoms with Crippen molar-refractivity contribution in [2.45, 2.75) is 19.4 Å². The van der Waals surface area contributed by atoms with Crippen molar-refractivity contribution in [1.82, 2.24) is 4.90 Å². The highest BCUT2D eigenvalue weighted by Crippen LogP contribution is 2.27. The zero-order chi connectivity index (χ0) is 13.9. The molecule has 1 aromatic carbocycles. The smallest absolute Gasteiger partial charge is 0.271 e. The number of likely N-dealkylation sites (N-methyl/N-ethyl adjacent to an activating group) is 1. The number of nitro benzene ring substituents is 1. The van der Waals surface area contributed by atoms with E-state index in [0.29, 0.717) is 12.4 Å². The maximum atomic E-state index is 10.6. The van der Waals surface area contributed by atoms with Crippen LogP contribution in [0, 0.1) is 10.1 Å². The Kier molecular flexibility index (Phi) is 4.13. The standard InChI is InChI=1S/C12H19N3O3/c1-12(2,14(3)4)8-18-11-6-5-9(15(16)17)7-10(11)13/h5-7H,8,13H2,1-4H3. The Morgan fingerprint density at radius 1 is 1.44 bits per heavy atom. The van der Waals surface area contributed by atoms with Gasteiger partial charge in [0, 0.05) is 17.7 Å². The molecule has 2 N–H and O–H groups in total. The molecule has 18 heavy (non-hydrogen) atoms. The molecule has 0 spiro atoms. The highest BCUT2D eigenvalue weighted by molar-refractivity contribution is 5.58. The van der Waals surface area contributed by atoms with Crippen LogP contribution in [0.3, 0.4) is 0 Å². The van der Waals surface area contributed by atoms with Crippen LogP contribution in [-0.2, 0) is 0 Å². The number of nitrogens with two attached hydrogens (primary N) is 1. The van der Waals surface area contributed by atoms with Crippen molar-refractivity contribution >= 4 is 11.4 Å². The lowest BCUT2D eigenvalue weighted by Crippen LogP contribution is -2.43. The molecule has 0 saturated heterocycles. The Morgan fingerprint density at radius 2 is 2.06 bits per heavy atom. The van der Waals surface area contributed by atoms with Crippen LogP contribution in [0.1, 0.15) is 13.8 Å². The van der Waals surface area contributed by atoms with Crippen LogP contribution < -0.4 is 10.5 Å². The van der Waals surface area contributed by atoms with Crippen LogP contribution in [0.15, 0.2) is 18.2 Å². The molecule has 0 aromatic heterocycles. The fourth-order valence-corrected chi connectivity index (χ4v) is 1.16. The lowest BCUT2D eigenvalue weighted by atomic mass is 10.1. The van der Waals surface area contributed by atoms with E-state index in [1.54, 1.807) is 0 Å². The van der Waals surface area contributed by atoms with Crippen molar-refractivity contribution in [2.75, 3.05) is 26.4 Å². The Morgan fingerprint density at radius 3 is 2.50 bits per heavy atom. The summed E-state index contributed by atoms with van der Waals surface area (Å²) in [6.45, 7) is 4.52. The third kappa shape index (κ3) is 3.33. The topological polar surface area (TPSA) is 81.6 Å². The quantitative estimate of drug-likeness (QED) is 0.492. The molecule has 0 amide bonds. The molecule has 0 aliphatic carbocycles. The van der Waals surface area contributed by atoms with Crippen molar-refractivity contribution in [3.05, 3.63) is 28.3 Å². The molecule has 0 atom stereocenters. The van der Waals surface area contributed by atoms with Gasteiger partial charge in [-0.25, -0.2) is 0 Å². The van der Waals surface area contributed by atoms with E-state index in [1.807, 2.05) is 32.8 Å². The number of non-ortho nitro benzene ring substituents is 1. The zero-order valence-corrected chi connectivity index (χ0v) is 11.1. The van der Waals surface area contributed by atoms with E-state index >= 15 is 0 Å². The molecule has 0 unspecified atom stereocenters. The van der Waals surface area contributed by atoms with Crippen LogP contribution >= 0.6 is 0 Å². The summed E-state index contributed by atoms with van der Waals surface area (Å²) >= 11 is 0. The first kappa shape index (κ1) is 14.2. The molecule has 1 aromatic rings. The Bertz CT molecular complexity index is 444. The first-order chi connectivity index (χ1) is 8.24. The number of nitrogen functional groups attached to an aromatic ring is 1. The average Bonchev–Trinajstić information content (AvgIpc) is 2.26. The van der Waals surface area contributed by atoms with E-state index in [1.165, 1.54) is 18.2 Å². The van der Waals surface area contributed by atoms with Gasteiger partial charge >= 0.3 is 0 Å². The van der Waals surface area contributed by atoms with Crippen molar-refractivity contribution in [3.63, 3.8) is 0 Å². The van der Waals surface area contributed by atoms with Gasteiger partial charge in [0.2, 0.25) is 0 Å². The number of hydrogen-bond donors (Lipinski definition) is 1. The minimum absolute atomic E-state index is 0.0354. The summed E-state index contributed by atoms with van der Waals surface area (Å²) in [4.78, 5) is 12.1. The number of rotatable bonds is 5. The normalized spacial score (nSPS) is 11.6. The number of hydrogen-bond acceptors (Lipinski definition) is 5. The largest absolute Gasteiger partial charge is 0.490 e. The highest BCUT2D eigenvalue weighted by Gasteiger charge is 2.22. The van der Waals surface area contributed by atoms with E-state index in [0.717, 1.165) is 0 Å². The van der Waals surface area contributed by atoms with E-state index in [-0.39, 0.29) is 16.9 Å². The summed E-state index contributed by atoms with van der Waals surface area (Å²) in [5.41, 5.74) is 5.82. The zero-order valence-electron chi connectivity index (χ0n) is 11.1. The predicted octanol–water partition coefficient (Wildman–Crippen LogP) is 1.90. The molecule has 1 rings (SSSR count). The molecular formula is C12H19N3O3. The van der Waals surface area contributed by atoms with Gasteiger partial charge in [0.25, 0.3) is 5.69 Å². The minimum atomic E-state index is -0.482. The molecular weight excluding hydrogens is 234 g/mol. The van der Waals surface area contributed by atoms with Crippen LogP contribution in [0.4, 0.5) is 11.4 Å². The van der Waals surface area contributed by atoms with E-state index in [4.69, 9.17) is 10.5 Å². The lowest BCUT2D eigenvalue weighted by Gasteiger charge is -2.32. The molecule has 0 aliphatic heterocycles. The predicted molar refractivity (Wildman–Crippen MR) is 70.8 cm³/mol. The molecule has 0 saturated carbocycles. The molecule has 0 bridgehead atoms. The Labute approximate surface area is 106 Å². The van der Waals surface area contributed by atoms with Gasteiger partial charge in [-0.2, -0.15) is 0 Å². The maximum absolute atomic E-state index is 10.6.